The number of nitrogens with one attached hydrogen (secondary N) is 1. The fraction of sp³-hybridized carbons (Fsp3) is 0.588. The lowest BCUT2D eigenvalue weighted by Crippen LogP contribution is -2.45. The number of alkyl halides is 3. The lowest BCUT2D eigenvalue weighted by molar-refractivity contribution is -0.153. The third kappa shape index (κ3) is 4.79. The van der Waals surface area contributed by atoms with Gasteiger partial charge in [-0.2, -0.15) is 13.2 Å². The molecule has 2 fully saturated rings. The van der Waals surface area contributed by atoms with Gasteiger partial charge in [0.1, 0.15) is 5.75 Å². The number of amides is 1. The van der Waals surface area contributed by atoms with Crippen LogP contribution in [0.25, 0.3) is 0 Å². The van der Waals surface area contributed by atoms with Crippen LogP contribution in [0.2, 0.25) is 0 Å². The summed E-state index contributed by atoms with van der Waals surface area (Å²) in [6.07, 6.45) is -1.19. The van der Waals surface area contributed by atoms with Crippen molar-refractivity contribution < 1.29 is 22.7 Å². The van der Waals surface area contributed by atoms with Gasteiger partial charge in [-0.3, -0.25) is 4.79 Å². The first-order valence-electron chi connectivity index (χ1n) is 8.15. The van der Waals surface area contributed by atoms with Gasteiger partial charge in [-0.05, 0) is 48.8 Å². The summed E-state index contributed by atoms with van der Waals surface area (Å²) >= 11 is 0. The van der Waals surface area contributed by atoms with Crippen molar-refractivity contribution in [3.05, 3.63) is 29.8 Å². The smallest absolute Gasteiger partial charge is 0.422 e. The van der Waals surface area contributed by atoms with Gasteiger partial charge in [-0.25, -0.2) is 0 Å². The van der Waals surface area contributed by atoms with Crippen LogP contribution in [0.4, 0.5) is 13.2 Å². The minimum atomic E-state index is -4.37. The molecule has 0 radical (unpaired) electrons. The van der Waals surface area contributed by atoms with Crippen LogP contribution in [0.5, 0.6) is 5.75 Å². The van der Waals surface area contributed by atoms with Crippen LogP contribution in [-0.4, -0.2) is 24.7 Å². The highest BCUT2D eigenvalue weighted by molar-refractivity contribution is 5.85. The average molecular weight is 379 g/mol. The van der Waals surface area contributed by atoms with Crippen molar-refractivity contribution in [3.63, 3.8) is 0 Å². The summed E-state index contributed by atoms with van der Waals surface area (Å²) < 4.78 is 41.3. The van der Waals surface area contributed by atoms with Crippen LogP contribution in [0.1, 0.15) is 24.8 Å². The van der Waals surface area contributed by atoms with Crippen LogP contribution in [-0.2, 0) is 11.3 Å². The Morgan fingerprint density at radius 3 is 2.64 bits per heavy atom. The Balaban J connectivity index is 0.00000225. The van der Waals surface area contributed by atoms with Gasteiger partial charge in [0.05, 0.1) is 5.92 Å². The zero-order valence-electron chi connectivity index (χ0n) is 13.6. The van der Waals surface area contributed by atoms with E-state index in [1.54, 1.807) is 12.1 Å². The molecule has 25 heavy (non-hydrogen) atoms. The lowest BCUT2D eigenvalue weighted by atomic mass is 9.84. The van der Waals surface area contributed by atoms with E-state index in [9.17, 15) is 18.0 Å². The molecule has 4 atom stereocenters. The van der Waals surface area contributed by atoms with Crippen LogP contribution >= 0.6 is 12.4 Å². The van der Waals surface area contributed by atoms with Crippen LogP contribution in [0, 0.1) is 17.8 Å². The third-order valence-electron chi connectivity index (χ3n) is 5.05. The van der Waals surface area contributed by atoms with Gasteiger partial charge in [0.2, 0.25) is 5.91 Å². The van der Waals surface area contributed by atoms with E-state index in [0.717, 1.165) is 19.3 Å². The molecule has 0 saturated heterocycles. The molecule has 1 aromatic carbocycles. The molecule has 2 aliphatic rings. The SMILES string of the molecule is Cl.NC1C2CCC(C2)C1C(=O)NCc1cccc(OCC(F)(F)F)c1. The highest BCUT2D eigenvalue weighted by Gasteiger charge is 2.48. The van der Waals surface area contributed by atoms with E-state index < -0.39 is 12.8 Å². The van der Waals surface area contributed by atoms with Crippen molar-refractivity contribution >= 4 is 18.3 Å². The fourth-order valence-corrected chi connectivity index (χ4v) is 3.94. The monoisotopic (exact) mass is 378 g/mol. The molecule has 1 amide bonds. The summed E-state index contributed by atoms with van der Waals surface area (Å²) in [4.78, 5) is 12.4. The standard InChI is InChI=1S/C17H21F3N2O2.ClH/c18-17(19,20)9-24-13-3-1-2-10(6-13)8-22-16(23)14-11-4-5-12(7-11)15(14)21;/h1-3,6,11-12,14-15H,4-5,7-9,21H2,(H,22,23);1H. The molecule has 2 aliphatic carbocycles. The summed E-state index contributed by atoms with van der Waals surface area (Å²) in [6, 6.07) is 6.23. The van der Waals surface area contributed by atoms with E-state index >= 15 is 0 Å². The number of hydrogen-bond acceptors (Lipinski definition) is 3. The molecule has 0 spiro atoms. The first-order chi connectivity index (χ1) is 11.3. The van der Waals surface area contributed by atoms with Crippen molar-refractivity contribution in [1.29, 1.82) is 0 Å². The molecule has 1 aromatic rings. The molecule has 0 aliphatic heterocycles. The van der Waals surface area contributed by atoms with Crippen molar-refractivity contribution in [1.82, 2.24) is 5.32 Å². The highest BCUT2D eigenvalue weighted by atomic mass is 35.5. The van der Waals surface area contributed by atoms with E-state index in [1.165, 1.54) is 12.1 Å². The van der Waals surface area contributed by atoms with Gasteiger partial charge in [0.25, 0.3) is 0 Å². The first-order valence-corrected chi connectivity index (χ1v) is 8.15. The Labute approximate surface area is 150 Å². The Bertz CT molecular complexity index is 610. The number of rotatable bonds is 5. The van der Waals surface area contributed by atoms with Gasteiger partial charge in [0, 0.05) is 12.6 Å². The second-order valence-corrected chi connectivity index (χ2v) is 6.71. The normalized spacial score (nSPS) is 27.7. The largest absolute Gasteiger partial charge is 0.484 e. The molecule has 2 saturated carbocycles. The Kier molecular flexibility index (Phi) is 6.21. The number of benzene rings is 1. The number of fused-ring (bicyclic) bond motifs is 2. The maximum atomic E-state index is 12.4. The fourth-order valence-electron chi connectivity index (χ4n) is 3.94. The summed E-state index contributed by atoms with van der Waals surface area (Å²) in [5, 5.41) is 2.86. The van der Waals surface area contributed by atoms with Crippen molar-refractivity contribution in [2.24, 2.45) is 23.5 Å². The zero-order valence-corrected chi connectivity index (χ0v) is 14.4. The van der Waals surface area contributed by atoms with Crippen molar-refractivity contribution in [2.45, 2.75) is 38.0 Å². The maximum absolute atomic E-state index is 12.4. The van der Waals surface area contributed by atoms with Gasteiger partial charge in [-0.15, -0.1) is 12.4 Å². The van der Waals surface area contributed by atoms with Crippen molar-refractivity contribution in [2.75, 3.05) is 6.61 Å². The number of hydrogen-bond donors (Lipinski definition) is 2. The van der Waals surface area contributed by atoms with E-state index in [0.29, 0.717) is 17.4 Å². The minimum Gasteiger partial charge on any atom is -0.484 e. The van der Waals surface area contributed by atoms with E-state index in [-0.39, 0.29) is 42.6 Å². The second-order valence-electron chi connectivity index (χ2n) is 6.71. The molecule has 8 heteroatoms. The molecule has 2 bridgehead atoms. The molecule has 4 unspecified atom stereocenters. The van der Waals surface area contributed by atoms with E-state index in [4.69, 9.17) is 10.5 Å². The van der Waals surface area contributed by atoms with Gasteiger partial charge in [-0.1, -0.05) is 12.1 Å². The molecule has 3 rings (SSSR count). The van der Waals surface area contributed by atoms with E-state index in [1.807, 2.05) is 0 Å². The van der Waals surface area contributed by atoms with Crippen LogP contribution in [0.15, 0.2) is 24.3 Å². The lowest BCUT2D eigenvalue weighted by Gasteiger charge is -2.27. The quantitative estimate of drug-likeness (QED) is 0.827. The van der Waals surface area contributed by atoms with Crippen molar-refractivity contribution in [3.8, 4) is 5.75 Å². The number of carbonyl (C=O) groups excluding carboxylic acids is 1. The minimum absolute atomic E-state index is 0. The van der Waals surface area contributed by atoms with Gasteiger partial charge < -0.3 is 15.8 Å². The predicted octanol–water partition coefficient (Wildman–Crippen LogP) is 3.04. The Hall–Kier alpha value is -1.47. The summed E-state index contributed by atoms with van der Waals surface area (Å²) in [5.74, 6) is 0.747. The Morgan fingerprint density at radius 1 is 1.28 bits per heavy atom. The van der Waals surface area contributed by atoms with Gasteiger partial charge in [0.15, 0.2) is 6.61 Å². The molecular weight excluding hydrogens is 357 g/mol. The summed E-state index contributed by atoms with van der Waals surface area (Å²) in [7, 11) is 0. The molecule has 140 valence electrons. The zero-order chi connectivity index (χ0) is 17.3. The number of ether oxygens (including phenoxy) is 1. The first kappa shape index (κ1) is 19.8. The Morgan fingerprint density at radius 2 is 2.00 bits per heavy atom. The summed E-state index contributed by atoms with van der Waals surface area (Å²) in [5.41, 5.74) is 6.85. The summed E-state index contributed by atoms with van der Waals surface area (Å²) in [6.45, 7) is -1.08. The third-order valence-corrected chi connectivity index (χ3v) is 5.05. The highest BCUT2D eigenvalue weighted by Crippen LogP contribution is 2.47. The molecule has 3 N–H and O–H groups in total. The average Bonchev–Trinajstić information content (AvgIpc) is 3.11. The molecule has 0 aromatic heterocycles. The topological polar surface area (TPSA) is 64.4 Å². The van der Waals surface area contributed by atoms with E-state index in [2.05, 4.69) is 5.32 Å². The number of halogens is 4. The number of carbonyl (C=O) groups is 1. The predicted molar refractivity (Wildman–Crippen MR) is 89.4 cm³/mol. The molecule has 4 nitrogen and oxygen atoms in total. The second kappa shape index (κ2) is 7.83. The van der Waals surface area contributed by atoms with Crippen LogP contribution < -0.4 is 15.8 Å². The number of nitrogens with two attached hydrogens (primary N) is 1. The van der Waals surface area contributed by atoms with Gasteiger partial charge >= 0.3 is 6.18 Å². The maximum Gasteiger partial charge on any atom is 0.422 e. The van der Waals surface area contributed by atoms with Crippen LogP contribution in [0.3, 0.4) is 0 Å². The molecule has 0 heterocycles. The molecular formula is C17H22ClF3N2O2.